The Morgan fingerprint density at radius 2 is 1.83 bits per heavy atom. The number of rotatable bonds is 3. The molecule has 1 N–H and O–H groups in total. The van der Waals surface area contributed by atoms with E-state index in [1.54, 1.807) is 0 Å². The van der Waals surface area contributed by atoms with Gasteiger partial charge in [0.15, 0.2) is 0 Å². The molecular weight excluding hydrogens is 317 g/mol. The molecule has 2 atom stereocenters. The molecule has 1 heterocycles. The quantitative estimate of drug-likeness (QED) is 0.890. The summed E-state index contributed by atoms with van der Waals surface area (Å²) in [5, 5.41) is 2.46. The summed E-state index contributed by atoms with van der Waals surface area (Å²) in [6.45, 7) is 1.03. The Kier molecular flexibility index (Phi) is 5.13. The lowest BCUT2D eigenvalue weighted by atomic mass is 9.78. The average Bonchev–Trinajstić information content (AvgIpc) is 2.54. The van der Waals surface area contributed by atoms with Crippen LogP contribution in [-0.2, 0) is 11.0 Å². The van der Waals surface area contributed by atoms with Gasteiger partial charge in [0.25, 0.3) is 0 Å². The van der Waals surface area contributed by atoms with Crippen molar-refractivity contribution >= 4 is 11.6 Å². The first-order valence-corrected chi connectivity index (χ1v) is 8.65. The van der Waals surface area contributed by atoms with Gasteiger partial charge in [0.1, 0.15) is 0 Å². The standard InChI is InChI=1S/C18H23F3N2O/c19-18(20,21)14-8-2-3-9-15(14)22-17(24)12-23-11-5-7-13-6-1-4-10-16(13)23/h2-3,8-9,13,16H,1,4-7,10-12H2,(H,22,24). The van der Waals surface area contributed by atoms with Crippen LogP contribution in [0.25, 0.3) is 0 Å². The number of carbonyl (C=O) groups excluding carboxylic acids is 1. The lowest BCUT2D eigenvalue weighted by Crippen LogP contribution is -2.49. The summed E-state index contributed by atoms with van der Waals surface area (Å²) in [5.74, 6) is 0.278. The van der Waals surface area contributed by atoms with Gasteiger partial charge < -0.3 is 5.32 Å². The van der Waals surface area contributed by atoms with Crippen molar-refractivity contribution in [2.24, 2.45) is 5.92 Å². The molecule has 6 heteroatoms. The van der Waals surface area contributed by atoms with Crippen LogP contribution in [0.5, 0.6) is 0 Å². The summed E-state index contributed by atoms with van der Waals surface area (Å²) in [6.07, 6.45) is 2.53. The predicted molar refractivity (Wildman–Crippen MR) is 86.6 cm³/mol. The van der Waals surface area contributed by atoms with Crippen LogP contribution in [0.2, 0.25) is 0 Å². The molecule has 0 aromatic heterocycles. The first kappa shape index (κ1) is 17.3. The SMILES string of the molecule is O=C(CN1CCCC2CCCCC21)Nc1ccccc1C(F)(F)F. The fourth-order valence-electron chi connectivity index (χ4n) is 4.14. The molecule has 1 aromatic rings. The summed E-state index contributed by atoms with van der Waals surface area (Å²) in [6, 6.07) is 5.54. The smallest absolute Gasteiger partial charge is 0.324 e. The molecule has 1 aliphatic carbocycles. The number of carbonyl (C=O) groups is 1. The van der Waals surface area contributed by atoms with Gasteiger partial charge in [-0.25, -0.2) is 0 Å². The van der Waals surface area contributed by atoms with Gasteiger partial charge in [0.2, 0.25) is 5.91 Å². The van der Waals surface area contributed by atoms with Gasteiger partial charge >= 0.3 is 6.18 Å². The molecule has 0 spiro atoms. The normalized spacial score (nSPS) is 25.1. The number of nitrogens with one attached hydrogen (secondary N) is 1. The largest absolute Gasteiger partial charge is 0.418 e. The van der Waals surface area contributed by atoms with Crippen LogP contribution in [0.3, 0.4) is 0 Å². The number of hydrogen-bond acceptors (Lipinski definition) is 2. The number of nitrogens with zero attached hydrogens (tertiary/aromatic N) is 1. The first-order chi connectivity index (χ1) is 11.4. The molecular formula is C18H23F3N2O. The highest BCUT2D eigenvalue weighted by molar-refractivity contribution is 5.93. The molecule has 1 amide bonds. The molecule has 2 fully saturated rings. The highest BCUT2D eigenvalue weighted by Crippen LogP contribution is 2.36. The molecule has 1 aliphatic heterocycles. The van der Waals surface area contributed by atoms with Gasteiger partial charge in [-0.2, -0.15) is 13.2 Å². The Morgan fingerprint density at radius 1 is 1.12 bits per heavy atom. The van der Waals surface area contributed by atoms with Crippen LogP contribution < -0.4 is 5.32 Å². The third-order valence-corrected chi connectivity index (χ3v) is 5.21. The number of fused-ring (bicyclic) bond motifs is 1. The van der Waals surface area contributed by atoms with Crippen LogP contribution in [0.1, 0.15) is 44.1 Å². The van der Waals surface area contributed by atoms with Gasteiger partial charge in [0.05, 0.1) is 17.8 Å². The van der Waals surface area contributed by atoms with E-state index in [0.717, 1.165) is 25.5 Å². The molecule has 1 aromatic carbocycles. The van der Waals surface area contributed by atoms with Crippen molar-refractivity contribution in [3.05, 3.63) is 29.8 Å². The van der Waals surface area contributed by atoms with E-state index < -0.39 is 11.7 Å². The molecule has 0 bridgehead atoms. The number of halogens is 3. The second kappa shape index (κ2) is 7.13. The molecule has 1 saturated carbocycles. The highest BCUT2D eigenvalue weighted by atomic mass is 19.4. The minimum absolute atomic E-state index is 0.160. The number of amides is 1. The van der Waals surface area contributed by atoms with E-state index in [2.05, 4.69) is 10.2 Å². The van der Waals surface area contributed by atoms with Gasteiger partial charge in [-0.1, -0.05) is 25.0 Å². The van der Waals surface area contributed by atoms with Crippen LogP contribution in [0.15, 0.2) is 24.3 Å². The third-order valence-electron chi connectivity index (χ3n) is 5.21. The van der Waals surface area contributed by atoms with Crippen LogP contribution >= 0.6 is 0 Å². The van der Waals surface area contributed by atoms with Gasteiger partial charge in [-0.3, -0.25) is 9.69 Å². The number of para-hydroxylation sites is 1. The van der Waals surface area contributed by atoms with E-state index in [-0.39, 0.29) is 18.1 Å². The summed E-state index contributed by atoms with van der Waals surface area (Å²) >= 11 is 0. The van der Waals surface area contributed by atoms with Crippen molar-refractivity contribution in [3.63, 3.8) is 0 Å². The monoisotopic (exact) mass is 340 g/mol. The summed E-state index contributed by atoms with van der Waals surface area (Å²) in [7, 11) is 0. The average molecular weight is 340 g/mol. The summed E-state index contributed by atoms with van der Waals surface area (Å²) < 4.78 is 39.1. The highest BCUT2D eigenvalue weighted by Gasteiger charge is 2.35. The molecule has 3 rings (SSSR count). The van der Waals surface area contributed by atoms with Crippen molar-refractivity contribution in [1.29, 1.82) is 0 Å². The minimum Gasteiger partial charge on any atom is -0.324 e. The lowest BCUT2D eigenvalue weighted by Gasteiger charge is -2.43. The van der Waals surface area contributed by atoms with Crippen LogP contribution in [-0.4, -0.2) is 29.9 Å². The number of anilines is 1. The van der Waals surface area contributed by atoms with E-state index in [0.29, 0.717) is 12.0 Å². The number of likely N-dealkylation sites (tertiary alicyclic amines) is 1. The van der Waals surface area contributed by atoms with Gasteiger partial charge in [0, 0.05) is 6.04 Å². The number of hydrogen-bond donors (Lipinski definition) is 1. The zero-order valence-electron chi connectivity index (χ0n) is 13.6. The third kappa shape index (κ3) is 3.91. The minimum atomic E-state index is -4.47. The van der Waals surface area contributed by atoms with E-state index >= 15 is 0 Å². The zero-order valence-corrected chi connectivity index (χ0v) is 13.6. The number of benzene rings is 1. The topological polar surface area (TPSA) is 32.3 Å². The second-order valence-electron chi connectivity index (χ2n) is 6.82. The van der Waals surface area contributed by atoms with E-state index in [4.69, 9.17) is 0 Å². The maximum absolute atomic E-state index is 13.0. The van der Waals surface area contributed by atoms with Gasteiger partial charge in [-0.05, 0) is 50.3 Å². The summed E-state index contributed by atoms with van der Waals surface area (Å²) in [4.78, 5) is 14.5. The second-order valence-corrected chi connectivity index (χ2v) is 6.82. The lowest BCUT2D eigenvalue weighted by molar-refractivity contribution is -0.137. The molecule has 2 aliphatic rings. The van der Waals surface area contributed by atoms with Crippen molar-refractivity contribution in [3.8, 4) is 0 Å². The van der Waals surface area contributed by atoms with E-state index in [9.17, 15) is 18.0 Å². The Morgan fingerprint density at radius 3 is 2.62 bits per heavy atom. The zero-order chi connectivity index (χ0) is 17.2. The molecule has 1 saturated heterocycles. The van der Waals surface area contributed by atoms with Crippen LogP contribution in [0, 0.1) is 5.92 Å². The predicted octanol–water partition coefficient (Wildman–Crippen LogP) is 4.30. The Bertz CT molecular complexity index is 586. The molecule has 2 unspecified atom stereocenters. The van der Waals surface area contributed by atoms with E-state index in [1.165, 1.54) is 43.9 Å². The van der Waals surface area contributed by atoms with Crippen molar-refractivity contribution < 1.29 is 18.0 Å². The first-order valence-electron chi connectivity index (χ1n) is 8.65. The van der Waals surface area contributed by atoms with Crippen LogP contribution in [0.4, 0.5) is 18.9 Å². The maximum Gasteiger partial charge on any atom is 0.418 e. The van der Waals surface area contributed by atoms with E-state index in [1.807, 2.05) is 0 Å². The Hall–Kier alpha value is -1.56. The van der Waals surface area contributed by atoms with Gasteiger partial charge in [-0.15, -0.1) is 0 Å². The maximum atomic E-state index is 13.0. The van der Waals surface area contributed by atoms with Crippen molar-refractivity contribution in [2.75, 3.05) is 18.4 Å². The molecule has 3 nitrogen and oxygen atoms in total. The molecule has 132 valence electrons. The molecule has 24 heavy (non-hydrogen) atoms. The Labute approximate surface area is 140 Å². The summed E-state index contributed by atoms with van der Waals surface area (Å²) in [5.41, 5.74) is -0.959. The number of alkyl halides is 3. The number of piperidine rings is 1. The molecule has 0 radical (unpaired) electrons. The fraction of sp³-hybridized carbons (Fsp3) is 0.611. The Balaban J connectivity index is 1.66. The van der Waals surface area contributed by atoms with Crippen molar-refractivity contribution in [2.45, 2.75) is 50.7 Å². The fourth-order valence-corrected chi connectivity index (χ4v) is 4.14. The van der Waals surface area contributed by atoms with Crippen molar-refractivity contribution in [1.82, 2.24) is 4.90 Å².